The topological polar surface area (TPSA) is 91.3 Å². The number of hydrogen-bond acceptors (Lipinski definition) is 7. The number of hydrogen-bond donors (Lipinski definition) is 1. The lowest BCUT2D eigenvalue weighted by atomic mass is 9.45. The maximum absolute atomic E-state index is 13.7. The zero-order valence-electron chi connectivity index (χ0n) is 26.3. The Balaban J connectivity index is 1.24. The molecule has 0 radical (unpaired) electrons. The van der Waals surface area contributed by atoms with E-state index in [0.717, 1.165) is 51.4 Å². The van der Waals surface area contributed by atoms with E-state index in [0.29, 0.717) is 23.3 Å². The molecule has 2 aliphatic heterocycles. The molecular weight excluding hydrogens is 544 g/mol. The summed E-state index contributed by atoms with van der Waals surface area (Å²) in [5, 5.41) is 10.1. The van der Waals surface area contributed by atoms with Crippen molar-refractivity contribution in [1.29, 1.82) is 0 Å². The highest BCUT2D eigenvalue weighted by molar-refractivity contribution is 5.89. The monoisotopic (exact) mass is 592 g/mol. The molecule has 0 unspecified atom stereocenters. The number of ether oxygens (including phenoxy) is 4. The van der Waals surface area contributed by atoms with Crippen molar-refractivity contribution >= 4 is 11.9 Å². The highest BCUT2D eigenvalue weighted by Gasteiger charge is 2.71. The van der Waals surface area contributed by atoms with E-state index >= 15 is 0 Å². The van der Waals surface area contributed by atoms with E-state index < -0.39 is 11.4 Å². The number of rotatable bonds is 4. The lowest BCUT2D eigenvalue weighted by Crippen LogP contribution is -2.58. The van der Waals surface area contributed by atoms with Crippen molar-refractivity contribution < 1.29 is 33.6 Å². The molecule has 3 saturated carbocycles. The van der Waals surface area contributed by atoms with Gasteiger partial charge in [0.15, 0.2) is 5.79 Å². The zero-order valence-corrected chi connectivity index (χ0v) is 26.3. The Kier molecular flexibility index (Phi) is 6.96. The number of esters is 2. The van der Waals surface area contributed by atoms with Crippen LogP contribution in [0.3, 0.4) is 0 Å². The quantitative estimate of drug-likeness (QED) is 0.327. The summed E-state index contributed by atoms with van der Waals surface area (Å²) >= 11 is 0. The molecular formula is C36H48O7. The molecule has 1 aromatic rings. The van der Waals surface area contributed by atoms with Crippen molar-refractivity contribution in [3.8, 4) is 0 Å². The van der Waals surface area contributed by atoms with Gasteiger partial charge in [0.1, 0.15) is 12.2 Å². The Labute approximate surface area is 255 Å². The van der Waals surface area contributed by atoms with Crippen molar-refractivity contribution in [3.05, 3.63) is 47.5 Å². The highest BCUT2D eigenvalue weighted by atomic mass is 16.7. The predicted molar refractivity (Wildman–Crippen MR) is 160 cm³/mol. The SMILES string of the molecule is CC(=O)O[C@H]1CC[C@@]2(C)[C@@H](CC[C@H]3C4=C[C@@H]5O[C@]6(CC[C@@](C)(CO)O6)[C@@H](C)[C@@H]5[C@@]4(C)[C@H](OC(=O)c4ccccc4)C[C@@H]32)C1. The van der Waals surface area contributed by atoms with Gasteiger partial charge in [0.2, 0.25) is 0 Å². The summed E-state index contributed by atoms with van der Waals surface area (Å²) in [6.07, 6.45) is 9.33. The molecule has 1 aromatic carbocycles. The van der Waals surface area contributed by atoms with E-state index in [1.165, 1.54) is 12.5 Å². The van der Waals surface area contributed by atoms with Crippen LogP contribution in [0.1, 0.15) is 96.3 Å². The first-order valence-corrected chi connectivity index (χ1v) is 16.6. The van der Waals surface area contributed by atoms with Gasteiger partial charge in [-0.05, 0) is 87.2 Å². The normalized spacial score (nSPS) is 48.1. The summed E-state index contributed by atoms with van der Waals surface area (Å²) in [5.41, 5.74) is 1.10. The molecule has 6 aliphatic rings. The Morgan fingerprint density at radius 1 is 1.00 bits per heavy atom. The van der Waals surface area contributed by atoms with E-state index in [-0.39, 0.29) is 59.5 Å². The van der Waals surface area contributed by atoms with Crippen LogP contribution in [0.4, 0.5) is 0 Å². The van der Waals surface area contributed by atoms with Gasteiger partial charge < -0.3 is 24.1 Å². The standard InChI is InChI=1S/C36H48O7/c1-21-31-29(42-36(21)16-15-33(3,20-37)43-36)18-28-26-12-11-24-17-25(40-22(2)38)13-14-34(24,4)27(26)19-30(35(28,31)5)41-32(39)23-9-7-6-8-10-23/h6-10,18,21,24-27,29-31,37H,11-17,19-20H2,1-5H3/t21-,24-,25-,26+,27-,29-,30+,31-,33-,34-,35+,36-/m0/s1. The summed E-state index contributed by atoms with van der Waals surface area (Å²) < 4.78 is 25.8. The van der Waals surface area contributed by atoms with E-state index in [4.69, 9.17) is 18.9 Å². The third-order valence-corrected chi connectivity index (χ3v) is 13.1. The van der Waals surface area contributed by atoms with Crippen LogP contribution < -0.4 is 0 Å². The largest absolute Gasteiger partial charge is 0.463 e. The lowest BCUT2D eigenvalue weighted by Gasteiger charge is -2.61. The average molecular weight is 593 g/mol. The van der Waals surface area contributed by atoms with E-state index in [2.05, 4.69) is 26.8 Å². The number of benzene rings is 1. The van der Waals surface area contributed by atoms with Gasteiger partial charge in [-0.2, -0.15) is 0 Å². The molecule has 1 N–H and O–H groups in total. The van der Waals surface area contributed by atoms with Crippen LogP contribution in [0.15, 0.2) is 42.0 Å². The second kappa shape index (κ2) is 10.1. The summed E-state index contributed by atoms with van der Waals surface area (Å²) in [4.78, 5) is 25.4. The average Bonchev–Trinajstić information content (AvgIpc) is 3.58. The van der Waals surface area contributed by atoms with Crippen molar-refractivity contribution in [2.45, 2.75) is 116 Å². The summed E-state index contributed by atoms with van der Waals surface area (Å²) in [6.45, 7) is 10.5. The molecule has 43 heavy (non-hydrogen) atoms. The third-order valence-electron chi connectivity index (χ3n) is 13.1. The van der Waals surface area contributed by atoms with Gasteiger partial charge in [-0.1, -0.05) is 50.6 Å². The van der Waals surface area contributed by atoms with Gasteiger partial charge in [-0.15, -0.1) is 0 Å². The first kappa shape index (κ1) is 29.5. The zero-order chi connectivity index (χ0) is 30.4. The Bertz CT molecular complexity index is 1310. The van der Waals surface area contributed by atoms with Crippen LogP contribution in [0.2, 0.25) is 0 Å². The molecule has 0 aromatic heterocycles. The maximum atomic E-state index is 13.7. The van der Waals surface area contributed by atoms with Crippen molar-refractivity contribution in [2.24, 2.45) is 40.4 Å². The number of carbonyl (C=O) groups excluding carboxylic acids is 2. The fourth-order valence-corrected chi connectivity index (χ4v) is 10.8. The second-order valence-electron chi connectivity index (χ2n) is 15.3. The molecule has 234 valence electrons. The number of fused-ring (bicyclic) bond motifs is 7. The summed E-state index contributed by atoms with van der Waals surface area (Å²) in [5.74, 6) is 0.257. The molecule has 0 amide bonds. The highest BCUT2D eigenvalue weighted by Crippen LogP contribution is 2.70. The molecule has 7 heteroatoms. The summed E-state index contributed by atoms with van der Waals surface area (Å²) in [6, 6.07) is 9.34. The minimum Gasteiger partial charge on any atom is -0.463 e. The van der Waals surface area contributed by atoms with Crippen LogP contribution in [-0.4, -0.2) is 53.4 Å². The van der Waals surface area contributed by atoms with Crippen molar-refractivity contribution in [1.82, 2.24) is 0 Å². The fourth-order valence-electron chi connectivity index (χ4n) is 10.8. The molecule has 2 saturated heterocycles. The van der Waals surface area contributed by atoms with Gasteiger partial charge in [-0.25, -0.2) is 4.79 Å². The third kappa shape index (κ3) is 4.39. The first-order valence-electron chi connectivity index (χ1n) is 16.6. The van der Waals surface area contributed by atoms with E-state index in [1.807, 2.05) is 37.3 Å². The van der Waals surface area contributed by atoms with Gasteiger partial charge in [0.05, 0.1) is 23.9 Å². The van der Waals surface area contributed by atoms with Crippen LogP contribution in [0, 0.1) is 40.4 Å². The van der Waals surface area contributed by atoms with Crippen LogP contribution in [-0.2, 0) is 23.7 Å². The molecule has 2 heterocycles. The minimum absolute atomic E-state index is 0.000744. The van der Waals surface area contributed by atoms with Gasteiger partial charge in [0, 0.05) is 30.6 Å². The molecule has 12 atom stereocenters. The first-order chi connectivity index (χ1) is 20.4. The van der Waals surface area contributed by atoms with Gasteiger partial charge in [0.25, 0.3) is 0 Å². The van der Waals surface area contributed by atoms with E-state index in [1.54, 1.807) is 0 Å². The summed E-state index contributed by atoms with van der Waals surface area (Å²) in [7, 11) is 0. The number of aliphatic hydroxyl groups excluding tert-OH is 1. The van der Waals surface area contributed by atoms with Gasteiger partial charge in [-0.3, -0.25) is 4.79 Å². The minimum atomic E-state index is -0.735. The fraction of sp³-hybridized carbons (Fsp3) is 0.722. The molecule has 4 aliphatic carbocycles. The smallest absolute Gasteiger partial charge is 0.338 e. The second-order valence-corrected chi connectivity index (χ2v) is 15.3. The molecule has 7 rings (SSSR count). The molecule has 7 nitrogen and oxygen atoms in total. The van der Waals surface area contributed by atoms with Crippen LogP contribution >= 0.6 is 0 Å². The van der Waals surface area contributed by atoms with Crippen LogP contribution in [0.5, 0.6) is 0 Å². The van der Waals surface area contributed by atoms with Crippen LogP contribution in [0.25, 0.3) is 0 Å². The Morgan fingerprint density at radius 2 is 1.77 bits per heavy atom. The maximum Gasteiger partial charge on any atom is 0.338 e. The van der Waals surface area contributed by atoms with E-state index in [9.17, 15) is 14.7 Å². The Hall–Kier alpha value is -2.22. The Morgan fingerprint density at radius 3 is 2.47 bits per heavy atom. The van der Waals surface area contributed by atoms with Gasteiger partial charge >= 0.3 is 11.9 Å². The number of carbonyl (C=O) groups is 2. The lowest BCUT2D eigenvalue weighted by molar-refractivity contribution is -0.255. The van der Waals surface area contributed by atoms with Crippen molar-refractivity contribution in [2.75, 3.05) is 6.61 Å². The molecule has 0 bridgehead atoms. The molecule has 1 spiro atoms. The number of aliphatic hydroxyl groups is 1. The van der Waals surface area contributed by atoms with Crippen molar-refractivity contribution in [3.63, 3.8) is 0 Å². The molecule has 5 fully saturated rings. The predicted octanol–water partition coefficient (Wildman–Crippen LogP) is 6.24.